The summed E-state index contributed by atoms with van der Waals surface area (Å²) in [6.45, 7) is 29.1. The minimum absolute atomic E-state index is 0.478. The topological polar surface area (TPSA) is 0 Å². The van der Waals surface area contributed by atoms with Crippen LogP contribution in [0.5, 0.6) is 0 Å². The van der Waals surface area contributed by atoms with Crippen molar-refractivity contribution in [2.45, 2.75) is 403 Å². The van der Waals surface area contributed by atoms with Crippen molar-refractivity contribution in [2.75, 3.05) is 0 Å². The van der Waals surface area contributed by atoms with Crippen molar-refractivity contribution in [3.05, 3.63) is 179 Å². The number of thiophene rings is 4. The Hall–Kier alpha value is -3.26. The molecule has 0 amide bonds. The van der Waals surface area contributed by atoms with Crippen molar-refractivity contribution in [3.8, 4) is 19.5 Å². The normalized spacial score (nSPS) is 13.6. The molecule has 5 heteroatoms. The zero-order chi connectivity index (χ0) is 74.7. The summed E-state index contributed by atoms with van der Waals surface area (Å²) in [6, 6.07) is 39.6. The fourth-order valence-electron chi connectivity index (χ4n) is 19.2. The summed E-state index contributed by atoms with van der Waals surface area (Å²) in [5.74, 6) is 0. The van der Waals surface area contributed by atoms with Gasteiger partial charge >= 0.3 is 519 Å². The monoisotopic (exact) mass is 1610 g/mol. The Bertz CT molecular complexity index is 3640. The number of hydrogen-bond acceptors (Lipinski definition) is 4. The first-order valence-corrected chi connectivity index (χ1v) is 56.1. The van der Waals surface area contributed by atoms with Crippen LogP contribution in [0.4, 0.5) is 0 Å². The van der Waals surface area contributed by atoms with E-state index in [1.807, 2.05) is 2.89 Å². The molecule has 10 rings (SSSR count). The molecule has 580 valence electrons. The summed E-state index contributed by atoms with van der Waals surface area (Å²) < 4.78 is 9.67. The van der Waals surface area contributed by atoms with Gasteiger partial charge in [-0.15, -0.1) is 0 Å². The van der Waals surface area contributed by atoms with Crippen molar-refractivity contribution >= 4 is 76.0 Å². The summed E-state index contributed by atoms with van der Waals surface area (Å²) in [6.07, 6.45) is 58.7. The molecule has 4 aromatic heterocycles. The SMILES string of the molecule is CCCCCCc1cc(CCCCCC)cc(C2(c3cc(CCCCCC)cc(CCCCCC)c3)c3cc(C)sc3-c3sc4c5c(sc4c32)-c2s[c]([Sn]([CH2]CCC)([CH2]CCC)[CH2]CCC)cc2C5(c2cc(CCCCCC)cc(CCCCCC)c2)c2cc(CCCCCC)cc(CCCCCC)c2)c1. The Morgan fingerprint density at radius 3 is 0.717 bits per heavy atom. The van der Waals surface area contributed by atoms with E-state index in [0.717, 1.165) is 51.4 Å². The van der Waals surface area contributed by atoms with Gasteiger partial charge in [0.15, 0.2) is 0 Å². The van der Waals surface area contributed by atoms with Crippen molar-refractivity contribution in [1.29, 1.82) is 0 Å². The third-order valence-corrected chi connectivity index (χ3v) is 48.4. The molecule has 4 heterocycles. The Morgan fingerprint density at radius 2 is 0.472 bits per heavy atom. The summed E-state index contributed by atoms with van der Waals surface area (Å²) in [4.78, 5) is 7.95. The average Bonchev–Trinajstić information content (AvgIpc) is 1.48. The molecular formula is C101H148S4Sn. The third kappa shape index (κ3) is 20.4. The fourth-order valence-corrected chi connectivity index (χ4v) is 44.0. The van der Waals surface area contributed by atoms with Crippen LogP contribution in [0.1, 0.15) is 414 Å². The fraction of sp³-hybridized carbons (Fsp3) is 0.624. The molecule has 106 heavy (non-hydrogen) atoms. The van der Waals surface area contributed by atoms with Crippen LogP contribution in [0, 0.1) is 6.92 Å². The van der Waals surface area contributed by atoms with Gasteiger partial charge < -0.3 is 0 Å². The Morgan fingerprint density at radius 1 is 0.236 bits per heavy atom. The quantitative estimate of drug-likeness (QED) is 0.0263. The van der Waals surface area contributed by atoms with E-state index in [9.17, 15) is 0 Å². The van der Waals surface area contributed by atoms with Gasteiger partial charge in [-0.2, -0.15) is 0 Å². The predicted octanol–water partition coefficient (Wildman–Crippen LogP) is 33.2. The minimum atomic E-state index is -3.11. The predicted molar refractivity (Wildman–Crippen MR) is 482 cm³/mol. The molecule has 0 fully saturated rings. The van der Waals surface area contributed by atoms with E-state index in [1.165, 1.54) is 262 Å². The van der Waals surface area contributed by atoms with Crippen LogP contribution in [-0.4, -0.2) is 18.4 Å². The van der Waals surface area contributed by atoms with E-state index in [0.29, 0.717) is 0 Å². The molecule has 0 unspecified atom stereocenters. The summed E-state index contributed by atoms with van der Waals surface area (Å²) in [5.41, 5.74) is 24.7. The van der Waals surface area contributed by atoms with Gasteiger partial charge in [-0.05, 0) is 25.7 Å². The molecule has 0 bridgehead atoms. The van der Waals surface area contributed by atoms with Gasteiger partial charge in [-0.25, -0.2) is 0 Å². The number of hydrogen-bond donors (Lipinski definition) is 0. The van der Waals surface area contributed by atoms with Gasteiger partial charge in [0.1, 0.15) is 0 Å². The van der Waals surface area contributed by atoms with Gasteiger partial charge in [0.05, 0.1) is 0 Å². The number of unbranched alkanes of at least 4 members (excludes halogenated alkanes) is 27. The van der Waals surface area contributed by atoms with Crippen LogP contribution >= 0.6 is 45.3 Å². The molecule has 0 aliphatic heterocycles. The van der Waals surface area contributed by atoms with E-state index >= 15 is 0 Å². The number of benzene rings is 4. The van der Waals surface area contributed by atoms with Crippen molar-refractivity contribution in [3.63, 3.8) is 0 Å². The van der Waals surface area contributed by atoms with Crippen LogP contribution in [-0.2, 0) is 62.2 Å². The van der Waals surface area contributed by atoms with Gasteiger partial charge in [-0.1, -0.05) is 132 Å². The Labute approximate surface area is 671 Å². The maximum absolute atomic E-state index is 3.11. The first-order chi connectivity index (χ1) is 52.0. The zero-order valence-corrected chi connectivity index (χ0v) is 76.0. The first kappa shape index (κ1) is 85.2. The molecule has 2 aliphatic carbocycles. The molecule has 2 aliphatic rings. The first-order valence-electron chi connectivity index (χ1n) is 45.4. The summed E-state index contributed by atoms with van der Waals surface area (Å²) >= 11 is 6.04. The summed E-state index contributed by atoms with van der Waals surface area (Å²) in [5, 5.41) is 0. The molecular weight excluding hydrogens is 1460 g/mol. The van der Waals surface area contributed by atoms with Gasteiger partial charge in [0.25, 0.3) is 0 Å². The van der Waals surface area contributed by atoms with E-state index < -0.39 is 29.2 Å². The molecule has 0 atom stereocenters. The van der Waals surface area contributed by atoms with E-state index in [1.54, 1.807) is 118 Å². The van der Waals surface area contributed by atoms with Crippen molar-refractivity contribution in [2.24, 2.45) is 0 Å². The average molecular weight is 1610 g/mol. The number of aryl methyl sites for hydroxylation is 9. The van der Waals surface area contributed by atoms with E-state index in [2.05, 4.69) is 213 Å². The van der Waals surface area contributed by atoms with Crippen molar-refractivity contribution in [1.82, 2.24) is 0 Å². The molecule has 4 aromatic carbocycles. The van der Waals surface area contributed by atoms with Crippen LogP contribution in [0.3, 0.4) is 0 Å². The second-order valence-electron chi connectivity index (χ2n) is 34.0. The zero-order valence-electron chi connectivity index (χ0n) is 69.9. The standard InChI is InChI=1S/C89H121S4.3C4H9.Sn/c1-10-18-26-34-42-66-53-67(43-35-27-19-11-2)58-74(57-66)88(75-59-68(44-36-28-20-12-3)54-69(60-75)45-37-29-21-13-4)78-50-51-90-82(78)84-80(88)86-87(92-84)81-85(93-86)83-79(52-65(9)91-83)89(81,76-61-70(46-38-30-22-14-5)55-71(62-76)47-39-31-23-15-6)77-63-72(48-40-32-24-16-7)56-73(64-77)49-41-33-25-17-8;3*1-3-4-2;/h50,52-64H,10-49H2,1-9H3;3*1,3-4H2,2H3;. The molecule has 0 saturated carbocycles. The van der Waals surface area contributed by atoms with Gasteiger partial charge in [0, 0.05) is 0 Å². The van der Waals surface area contributed by atoms with Gasteiger partial charge in [-0.3, -0.25) is 0 Å². The second-order valence-corrected chi connectivity index (χ2v) is 52.5. The van der Waals surface area contributed by atoms with Crippen LogP contribution < -0.4 is 2.89 Å². The number of rotatable bonds is 54. The summed E-state index contributed by atoms with van der Waals surface area (Å²) in [7, 11) is 0. The molecule has 0 radical (unpaired) electrons. The molecule has 0 nitrogen and oxygen atoms in total. The molecule has 0 N–H and O–H groups in total. The number of fused-ring (bicyclic) bond motifs is 9. The van der Waals surface area contributed by atoms with E-state index in [-0.39, 0.29) is 0 Å². The Kier molecular flexibility index (Phi) is 35.1. The van der Waals surface area contributed by atoms with Crippen LogP contribution in [0.15, 0.2) is 84.9 Å². The Balaban J connectivity index is 1.40. The molecule has 8 aromatic rings. The van der Waals surface area contributed by atoms with Gasteiger partial charge in [0.2, 0.25) is 0 Å². The maximum atomic E-state index is 3.08. The van der Waals surface area contributed by atoms with E-state index in [4.69, 9.17) is 0 Å². The molecule has 0 saturated heterocycles. The second kappa shape index (κ2) is 43.7. The van der Waals surface area contributed by atoms with Crippen LogP contribution in [0.2, 0.25) is 13.3 Å². The third-order valence-electron chi connectivity index (χ3n) is 25.1. The van der Waals surface area contributed by atoms with Crippen molar-refractivity contribution < 1.29 is 0 Å². The molecule has 0 spiro atoms. The van der Waals surface area contributed by atoms with Crippen LogP contribution in [0.25, 0.3) is 28.9 Å².